The van der Waals surface area contributed by atoms with Crippen LogP contribution in [0.15, 0.2) is 41.1 Å². The SMILES string of the molecule is C[C@@H](Nc1nccc(-c2cccc(-c3cc([C@@H]4CCN(C)C4=O)on3)n2)n1)C(=O)N1CCC(F)(F)C1. The van der Waals surface area contributed by atoms with Gasteiger partial charge < -0.3 is 19.6 Å². The zero-order chi connectivity index (χ0) is 25.4. The lowest BCUT2D eigenvalue weighted by molar-refractivity contribution is -0.132. The molecular formula is C24H25F2N7O3. The number of hydrogen-bond donors (Lipinski definition) is 1. The van der Waals surface area contributed by atoms with Gasteiger partial charge in [0.25, 0.3) is 5.92 Å². The summed E-state index contributed by atoms with van der Waals surface area (Å²) in [6, 6.07) is 7.98. The van der Waals surface area contributed by atoms with E-state index in [9.17, 15) is 18.4 Å². The van der Waals surface area contributed by atoms with Gasteiger partial charge in [-0.25, -0.2) is 23.7 Å². The van der Waals surface area contributed by atoms with E-state index in [4.69, 9.17) is 4.52 Å². The monoisotopic (exact) mass is 497 g/mol. The van der Waals surface area contributed by atoms with Gasteiger partial charge in [0.05, 0.1) is 23.6 Å². The minimum Gasteiger partial charge on any atom is -0.360 e. The number of hydrogen-bond acceptors (Lipinski definition) is 8. The highest BCUT2D eigenvalue weighted by Crippen LogP contribution is 2.31. The van der Waals surface area contributed by atoms with E-state index in [0.29, 0.717) is 41.5 Å². The molecule has 0 aromatic carbocycles. The molecule has 2 amide bonds. The van der Waals surface area contributed by atoms with Crippen LogP contribution in [0.1, 0.15) is 31.4 Å². The van der Waals surface area contributed by atoms with Crippen molar-refractivity contribution in [2.75, 3.05) is 32.0 Å². The Morgan fingerprint density at radius 1 is 1.17 bits per heavy atom. The van der Waals surface area contributed by atoms with Crippen LogP contribution in [0.5, 0.6) is 0 Å². The lowest BCUT2D eigenvalue weighted by Crippen LogP contribution is -2.41. The zero-order valence-corrected chi connectivity index (χ0v) is 19.8. The molecule has 0 aliphatic carbocycles. The largest absolute Gasteiger partial charge is 0.360 e. The number of carbonyl (C=O) groups excluding carboxylic acids is 2. The highest BCUT2D eigenvalue weighted by molar-refractivity contribution is 5.85. The number of rotatable bonds is 6. The normalized spacial score (nSPS) is 20.1. The molecule has 3 aromatic rings. The van der Waals surface area contributed by atoms with Crippen LogP contribution >= 0.6 is 0 Å². The number of anilines is 1. The first-order valence-electron chi connectivity index (χ1n) is 11.7. The predicted octanol–water partition coefficient (Wildman–Crippen LogP) is 2.81. The van der Waals surface area contributed by atoms with Crippen LogP contribution in [-0.2, 0) is 9.59 Å². The maximum atomic E-state index is 13.5. The molecule has 2 aliphatic rings. The Morgan fingerprint density at radius 2 is 1.92 bits per heavy atom. The van der Waals surface area contributed by atoms with Gasteiger partial charge in [0, 0.05) is 38.8 Å². The average molecular weight is 498 g/mol. The van der Waals surface area contributed by atoms with Crippen LogP contribution in [0.25, 0.3) is 22.8 Å². The Morgan fingerprint density at radius 3 is 2.61 bits per heavy atom. The average Bonchev–Trinajstić information content (AvgIpc) is 3.58. The molecule has 0 bridgehead atoms. The van der Waals surface area contributed by atoms with Crippen LogP contribution in [0.3, 0.4) is 0 Å². The fraction of sp³-hybridized carbons (Fsp3) is 0.417. The number of aromatic nitrogens is 4. The van der Waals surface area contributed by atoms with Gasteiger partial charge in [-0.15, -0.1) is 0 Å². The molecule has 0 unspecified atom stereocenters. The molecular weight excluding hydrogens is 472 g/mol. The molecule has 5 heterocycles. The van der Waals surface area contributed by atoms with E-state index >= 15 is 0 Å². The van der Waals surface area contributed by atoms with Gasteiger partial charge >= 0.3 is 0 Å². The first kappa shape index (κ1) is 23.8. The number of likely N-dealkylation sites (N-methyl/N-ethyl adjacent to an activating group) is 1. The molecule has 188 valence electrons. The number of nitrogens with one attached hydrogen (secondary N) is 1. The molecule has 2 aliphatic heterocycles. The second kappa shape index (κ2) is 9.25. The lowest BCUT2D eigenvalue weighted by Gasteiger charge is -2.21. The van der Waals surface area contributed by atoms with Gasteiger partial charge in [-0.05, 0) is 31.5 Å². The van der Waals surface area contributed by atoms with Crippen molar-refractivity contribution >= 4 is 17.8 Å². The molecule has 0 radical (unpaired) electrons. The number of pyridine rings is 1. The standard InChI is InChI=1S/C24H25F2N7O3/c1-14(21(34)33-11-8-24(25,26)13-33)28-23-27-9-6-18(30-23)16-4-3-5-17(29-16)19-12-20(36-31-19)15-7-10-32(2)22(15)35/h3-6,9,12,14-15H,7-8,10-11,13H2,1-2H3,(H,27,28,30)/t14-,15+/m1/s1. The number of amides is 2. The fourth-order valence-corrected chi connectivity index (χ4v) is 4.40. The Kier molecular flexibility index (Phi) is 6.10. The lowest BCUT2D eigenvalue weighted by atomic mass is 10.0. The van der Waals surface area contributed by atoms with Gasteiger partial charge in [0.2, 0.25) is 17.8 Å². The van der Waals surface area contributed by atoms with Gasteiger partial charge in [0.15, 0.2) is 0 Å². The van der Waals surface area contributed by atoms with Crippen molar-refractivity contribution in [1.82, 2.24) is 29.9 Å². The molecule has 2 saturated heterocycles. The van der Waals surface area contributed by atoms with Crippen molar-refractivity contribution < 1.29 is 22.9 Å². The Labute approximate surface area is 205 Å². The topological polar surface area (TPSA) is 117 Å². The molecule has 10 nitrogen and oxygen atoms in total. The summed E-state index contributed by atoms with van der Waals surface area (Å²) in [5.74, 6) is -2.93. The highest BCUT2D eigenvalue weighted by atomic mass is 19.3. The summed E-state index contributed by atoms with van der Waals surface area (Å²) in [6.07, 6.45) is 1.87. The van der Waals surface area contributed by atoms with Crippen molar-refractivity contribution in [3.63, 3.8) is 0 Å². The molecule has 1 N–H and O–H groups in total. The number of halogens is 2. The number of likely N-dealkylation sites (tertiary alicyclic amines) is 2. The smallest absolute Gasteiger partial charge is 0.267 e. The molecule has 2 fully saturated rings. The van der Waals surface area contributed by atoms with Crippen molar-refractivity contribution in [2.24, 2.45) is 0 Å². The second-order valence-electron chi connectivity index (χ2n) is 9.12. The van der Waals surface area contributed by atoms with Crippen LogP contribution in [0.2, 0.25) is 0 Å². The highest BCUT2D eigenvalue weighted by Gasteiger charge is 2.41. The molecule has 36 heavy (non-hydrogen) atoms. The van der Waals surface area contributed by atoms with Crippen LogP contribution < -0.4 is 5.32 Å². The molecule has 0 saturated carbocycles. The van der Waals surface area contributed by atoms with Crippen molar-refractivity contribution in [1.29, 1.82) is 0 Å². The van der Waals surface area contributed by atoms with E-state index in [-0.39, 0.29) is 30.7 Å². The predicted molar refractivity (Wildman–Crippen MR) is 125 cm³/mol. The minimum atomic E-state index is -2.85. The zero-order valence-electron chi connectivity index (χ0n) is 19.8. The number of carbonyl (C=O) groups is 2. The van der Waals surface area contributed by atoms with Gasteiger partial charge in [0.1, 0.15) is 23.4 Å². The quantitative estimate of drug-likeness (QED) is 0.553. The Balaban J connectivity index is 1.31. The number of alkyl halides is 2. The summed E-state index contributed by atoms with van der Waals surface area (Å²) in [7, 11) is 1.76. The molecule has 0 spiro atoms. The van der Waals surface area contributed by atoms with Crippen molar-refractivity contribution in [3.8, 4) is 22.8 Å². The maximum Gasteiger partial charge on any atom is 0.267 e. The Hall–Kier alpha value is -3.96. The van der Waals surface area contributed by atoms with Gasteiger partial charge in [-0.3, -0.25) is 9.59 Å². The minimum absolute atomic E-state index is 0.00609. The van der Waals surface area contributed by atoms with E-state index in [1.165, 1.54) is 6.20 Å². The van der Waals surface area contributed by atoms with Gasteiger partial charge in [-0.2, -0.15) is 0 Å². The van der Waals surface area contributed by atoms with Crippen LogP contribution in [-0.4, -0.2) is 80.4 Å². The summed E-state index contributed by atoms with van der Waals surface area (Å²) in [5.41, 5.74) is 2.09. The maximum absolute atomic E-state index is 13.5. The first-order valence-corrected chi connectivity index (χ1v) is 11.7. The number of nitrogens with zero attached hydrogens (tertiary/aromatic N) is 6. The summed E-state index contributed by atoms with van der Waals surface area (Å²) < 4.78 is 32.4. The fourth-order valence-electron chi connectivity index (χ4n) is 4.40. The Bertz CT molecular complexity index is 1300. The third-order valence-corrected chi connectivity index (χ3v) is 6.43. The second-order valence-corrected chi connectivity index (χ2v) is 9.12. The molecule has 2 atom stereocenters. The summed E-state index contributed by atoms with van der Waals surface area (Å²) in [6.45, 7) is 1.70. The van der Waals surface area contributed by atoms with Crippen LogP contribution in [0, 0.1) is 0 Å². The molecule has 5 rings (SSSR count). The third kappa shape index (κ3) is 4.75. The van der Waals surface area contributed by atoms with Gasteiger partial charge in [-0.1, -0.05) is 11.2 Å². The summed E-state index contributed by atoms with van der Waals surface area (Å²) >= 11 is 0. The van der Waals surface area contributed by atoms with E-state index < -0.39 is 24.4 Å². The third-order valence-electron chi connectivity index (χ3n) is 6.43. The van der Waals surface area contributed by atoms with E-state index in [0.717, 1.165) is 4.90 Å². The summed E-state index contributed by atoms with van der Waals surface area (Å²) in [4.78, 5) is 40.9. The first-order chi connectivity index (χ1) is 17.2. The van der Waals surface area contributed by atoms with E-state index in [1.807, 2.05) is 0 Å². The van der Waals surface area contributed by atoms with Crippen LogP contribution in [0.4, 0.5) is 14.7 Å². The van der Waals surface area contributed by atoms with E-state index in [2.05, 4.69) is 25.4 Å². The summed E-state index contributed by atoms with van der Waals surface area (Å²) in [5, 5.41) is 7.00. The van der Waals surface area contributed by atoms with E-state index in [1.54, 1.807) is 49.2 Å². The molecule has 12 heteroatoms. The molecule has 3 aromatic heterocycles. The van der Waals surface area contributed by atoms with Crippen molar-refractivity contribution in [3.05, 3.63) is 42.3 Å². The van der Waals surface area contributed by atoms with Crippen molar-refractivity contribution in [2.45, 2.75) is 37.6 Å².